The van der Waals surface area contributed by atoms with Gasteiger partial charge in [0.2, 0.25) is 0 Å². The highest BCUT2D eigenvalue weighted by Gasteiger charge is 2.34. The van der Waals surface area contributed by atoms with E-state index in [2.05, 4.69) is 27.9 Å². The summed E-state index contributed by atoms with van der Waals surface area (Å²) in [7, 11) is 1.49. The molecule has 3 amide bonds. The van der Waals surface area contributed by atoms with Gasteiger partial charge in [0.15, 0.2) is 11.5 Å². The quantitative estimate of drug-likeness (QED) is 0.315. The first-order valence-corrected chi connectivity index (χ1v) is 10.1. The van der Waals surface area contributed by atoms with Gasteiger partial charge in [-0.2, -0.15) is 0 Å². The molecule has 0 aromatic heterocycles. The molecule has 0 spiro atoms. The van der Waals surface area contributed by atoms with Crippen molar-refractivity contribution in [2.75, 3.05) is 13.7 Å². The minimum Gasteiger partial charge on any atom is -0.493 e. The van der Waals surface area contributed by atoms with Crippen molar-refractivity contribution >= 4 is 58.2 Å². The molecule has 156 valence electrons. The van der Waals surface area contributed by atoms with Crippen molar-refractivity contribution in [1.82, 2.24) is 10.2 Å². The lowest BCUT2D eigenvalue weighted by molar-refractivity contribution is -0.140. The highest BCUT2D eigenvalue weighted by atomic mass is 127. The van der Waals surface area contributed by atoms with Crippen LogP contribution in [0.25, 0.3) is 6.08 Å². The topological polar surface area (TPSA) is 105 Å². The largest absolute Gasteiger partial charge is 0.493 e. The van der Waals surface area contributed by atoms with Crippen LogP contribution < -0.4 is 14.8 Å². The molecule has 1 aliphatic rings. The number of nitrogens with one attached hydrogen (secondary N) is 1. The highest BCUT2D eigenvalue weighted by Crippen LogP contribution is 2.35. The van der Waals surface area contributed by atoms with Crippen LogP contribution in [0.4, 0.5) is 4.79 Å². The number of ether oxygens (including phenoxy) is 2. The second kappa shape index (κ2) is 9.35. The Hall–Kier alpha value is -2.79. The number of hydrogen-bond acceptors (Lipinski definition) is 5. The lowest BCUT2D eigenvalue weighted by Crippen LogP contribution is -2.35. The second-order valence-electron chi connectivity index (χ2n) is 6.19. The average molecular weight is 543 g/mol. The third-order valence-corrected chi connectivity index (χ3v) is 5.32. The van der Waals surface area contributed by atoms with Crippen LogP contribution in [0.1, 0.15) is 11.1 Å². The van der Waals surface area contributed by atoms with Gasteiger partial charge in [0.05, 0.1) is 10.7 Å². The number of rotatable bonds is 7. The summed E-state index contributed by atoms with van der Waals surface area (Å²) in [5.74, 6) is -1.05. The van der Waals surface area contributed by atoms with Crippen LogP contribution in [0.3, 0.4) is 0 Å². The molecule has 0 radical (unpaired) electrons. The molecule has 1 saturated heterocycles. The number of carboxylic acids is 1. The van der Waals surface area contributed by atoms with E-state index in [4.69, 9.17) is 26.2 Å². The standard InChI is InChI=1S/C20H16ClIN2O6/c1-29-16-8-11(7-15-19(27)24(9-17(25)26)20(28)23-15)6-14(22)18(16)30-10-12-4-2-3-5-13(12)21/h2-8H,9-10H2,1H3,(H,23,28)(H,25,26)/b15-7+. The number of benzene rings is 2. The van der Waals surface area contributed by atoms with Gasteiger partial charge >= 0.3 is 12.0 Å². The fourth-order valence-electron chi connectivity index (χ4n) is 2.75. The van der Waals surface area contributed by atoms with Crippen molar-refractivity contribution in [3.63, 3.8) is 0 Å². The minimum atomic E-state index is -1.28. The van der Waals surface area contributed by atoms with Gasteiger partial charge in [-0.1, -0.05) is 29.8 Å². The first-order chi connectivity index (χ1) is 14.3. The van der Waals surface area contributed by atoms with Crippen LogP contribution in [0, 0.1) is 3.57 Å². The Morgan fingerprint density at radius 3 is 2.70 bits per heavy atom. The molecule has 0 aliphatic carbocycles. The van der Waals surface area contributed by atoms with Crippen molar-refractivity contribution in [3.05, 3.63) is 61.8 Å². The van der Waals surface area contributed by atoms with Crippen molar-refractivity contribution in [2.24, 2.45) is 0 Å². The van der Waals surface area contributed by atoms with Gasteiger partial charge in [-0.05, 0) is 52.4 Å². The molecule has 0 saturated carbocycles. The summed E-state index contributed by atoms with van der Waals surface area (Å²) < 4.78 is 12.0. The lowest BCUT2D eigenvalue weighted by atomic mass is 10.1. The van der Waals surface area contributed by atoms with Crippen LogP contribution in [0.2, 0.25) is 5.02 Å². The summed E-state index contributed by atoms with van der Waals surface area (Å²) >= 11 is 8.24. The molecule has 10 heteroatoms. The van der Waals surface area contributed by atoms with Crippen LogP contribution in [-0.4, -0.2) is 41.6 Å². The van der Waals surface area contributed by atoms with E-state index in [1.54, 1.807) is 18.2 Å². The Morgan fingerprint density at radius 2 is 2.03 bits per heavy atom. The third-order valence-electron chi connectivity index (χ3n) is 4.15. The molecule has 2 N–H and O–H groups in total. The van der Waals surface area contributed by atoms with Crippen LogP contribution in [-0.2, 0) is 16.2 Å². The number of urea groups is 1. The number of carboxylic acid groups (broad SMARTS) is 1. The number of nitrogens with zero attached hydrogens (tertiary/aromatic N) is 1. The summed E-state index contributed by atoms with van der Waals surface area (Å²) in [6.07, 6.45) is 1.45. The maximum Gasteiger partial charge on any atom is 0.329 e. The maximum atomic E-state index is 12.3. The molecular formula is C20H16ClIN2O6. The van der Waals surface area contributed by atoms with Crippen molar-refractivity contribution in [2.45, 2.75) is 6.61 Å². The molecule has 1 fully saturated rings. The fraction of sp³-hybridized carbons (Fsp3) is 0.150. The van der Waals surface area contributed by atoms with E-state index in [0.717, 1.165) is 5.56 Å². The first kappa shape index (κ1) is 21.9. The molecule has 2 aromatic rings. The smallest absolute Gasteiger partial charge is 0.329 e. The van der Waals surface area contributed by atoms with Gasteiger partial charge in [0.1, 0.15) is 18.8 Å². The number of aliphatic carboxylic acids is 1. The van der Waals surface area contributed by atoms with Gasteiger partial charge in [-0.15, -0.1) is 0 Å². The van der Waals surface area contributed by atoms with Crippen LogP contribution >= 0.6 is 34.2 Å². The van der Waals surface area contributed by atoms with Crippen molar-refractivity contribution in [3.8, 4) is 11.5 Å². The van der Waals surface area contributed by atoms with E-state index in [1.807, 2.05) is 18.2 Å². The molecule has 30 heavy (non-hydrogen) atoms. The van der Waals surface area contributed by atoms with Gasteiger partial charge in [0, 0.05) is 10.6 Å². The number of halogens is 2. The Bertz CT molecular complexity index is 1060. The maximum absolute atomic E-state index is 12.3. The first-order valence-electron chi connectivity index (χ1n) is 8.60. The van der Waals surface area contributed by atoms with Crippen LogP contribution in [0.5, 0.6) is 11.5 Å². The summed E-state index contributed by atoms with van der Waals surface area (Å²) in [6, 6.07) is 9.95. The molecule has 2 aromatic carbocycles. The van der Waals surface area contributed by atoms with E-state index < -0.39 is 24.5 Å². The van der Waals surface area contributed by atoms with E-state index in [9.17, 15) is 14.4 Å². The molecule has 3 rings (SSSR count). The summed E-state index contributed by atoms with van der Waals surface area (Å²) in [5.41, 5.74) is 1.37. The molecule has 1 heterocycles. The Labute approximate surface area is 190 Å². The Balaban J connectivity index is 1.84. The average Bonchev–Trinajstić information content (AvgIpc) is 2.95. The van der Waals surface area contributed by atoms with Gasteiger partial charge < -0.3 is 19.9 Å². The number of amides is 3. The zero-order valence-corrected chi connectivity index (χ0v) is 18.6. The zero-order valence-electron chi connectivity index (χ0n) is 15.6. The van der Waals surface area contributed by atoms with Gasteiger partial charge in [-0.3, -0.25) is 9.59 Å². The van der Waals surface area contributed by atoms with Crippen LogP contribution in [0.15, 0.2) is 42.1 Å². The predicted octanol–water partition coefficient (Wildman–Crippen LogP) is 3.51. The fourth-order valence-corrected chi connectivity index (χ4v) is 3.72. The van der Waals surface area contributed by atoms with Gasteiger partial charge in [0.25, 0.3) is 5.91 Å². The number of hydrogen-bond donors (Lipinski definition) is 2. The van der Waals surface area contributed by atoms with Gasteiger partial charge in [-0.25, -0.2) is 9.69 Å². The summed E-state index contributed by atoms with van der Waals surface area (Å²) in [4.78, 5) is 35.6. The summed E-state index contributed by atoms with van der Waals surface area (Å²) in [5, 5.41) is 11.8. The molecule has 1 aliphatic heterocycles. The monoisotopic (exact) mass is 542 g/mol. The number of imide groups is 1. The normalized spacial score (nSPS) is 14.8. The van der Waals surface area contributed by atoms with Crippen molar-refractivity contribution in [1.29, 1.82) is 0 Å². The summed E-state index contributed by atoms with van der Waals surface area (Å²) in [6.45, 7) is -0.469. The predicted molar refractivity (Wildman–Crippen MR) is 117 cm³/mol. The number of carbonyl (C=O) groups excluding carboxylic acids is 2. The molecule has 8 nitrogen and oxygen atoms in total. The minimum absolute atomic E-state index is 0.0242. The Kier molecular flexibility index (Phi) is 6.83. The number of methoxy groups -OCH3 is 1. The SMILES string of the molecule is COc1cc(/C=C2/NC(=O)N(CC(=O)O)C2=O)cc(I)c1OCc1ccccc1Cl. The zero-order chi connectivity index (χ0) is 21.8. The Morgan fingerprint density at radius 1 is 1.30 bits per heavy atom. The van der Waals surface area contributed by atoms with Crippen molar-refractivity contribution < 1.29 is 29.0 Å². The van der Waals surface area contributed by atoms with E-state index in [1.165, 1.54) is 13.2 Å². The van der Waals surface area contributed by atoms with E-state index >= 15 is 0 Å². The second-order valence-corrected chi connectivity index (χ2v) is 7.76. The number of carbonyl (C=O) groups is 3. The molecule has 0 unspecified atom stereocenters. The van der Waals surface area contributed by atoms with E-state index in [0.29, 0.717) is 30.6 Å². The van der Waals surface area contributed by atoms with E-state index in [-0.39, 0.29) is 12.3 Å². The highest BCUT2D eigenvalue weighted by molar-refractivity contribution is 14.1. The molecule has 0 atom stereocenters. The molecular weight excluding hydrogens is 527 g/mol. The molecule has 0 bridgehead atoms. The third kappa shape index (κ3) is 4.85. The lowest BCUT2D eigenvalue weighted by Gasteiger charge is -2.14.